The smallest absolute Gasteiger partial charge is 0.144 e. The molecule has 1 aromatic carbocycles. The number of hydrogen-bond donors (Lipinski definition) is 2. The van der Waals surface area contributed by atoms with Gasteiger partial charge in [0.15, 0.2) is 0 Å². The maximum atomic E-state index is 13.1. The molecule has 3 nitrogen and oxygen atoms in total. The number of nitrogens with zero attached hydrogens (tertiary/aromatic N) is 1. The Kier molecular flexibility index (Phi) is 3.74. The van der Waals surface area contributed by atoms with Crippen molar-refractivity contribution in [1.82, 2.24) is 0 Å². The van der Waals surface area contributed by atoms with Crippen LogP contribution < -0.4 is 5.73 Å². The first-order valence-electron chi connectivity index (χ1n) is 4.82. The number of hydrogen-bond acceptors (Lipinski definition) is 3. The second kappa shape index (κ2) is 4.69. The van der Waals surface area contributed by atoms with Gasteiger partial charge in [0.2, 0.25) is 0 Å². The molecule has 0 unspecified atom stereocenters. The predicted molar refractivity (Wildman–Crippen MR) is 59.7 cm³/mol. The zero-order valence-electron chi connectivity index (χ0n) is 8.48. The van der Waals surface area contributed by atoms with Gasteiger partial charge in [-0.3, -0.25) is 0 Å². The van der Waals surface area contributed by atoms with E-state index in [0.717, 1.165) is 12.8 Å². The average molecular weight is 243 g/mol. The van der Waals surface area contributed by atoms with E-state index in [1.807, 2.05) is 0 Å². The molecule has 1 aromatic rings. The lowest BCUT2D eigenvalue weighted by Gasteiger charge is -2.13. The van der Waals surface area contributed by atoms with Gasteiger partial charge in [0.25, 0.3) is 0 Å². The highest BCUT2D eigenvalue weighted by atomic mass is 35.5. The van der Waals surface area contributed by atoms with Crippen LogP contribution in [-0.2, 0) is 0 Å². The SMILES string of the molecule is Cl.N#Cc1c(F)ccc([C@@H](N)C2CC2)c1O. The number of phenolic OH excluding ortho intramolecular Hbond substituents is 1. The summed E-state index contributed by atoms with van der Waals surface area (Å²) in [6, 6.07) is 3.97. The van der Waals surface area contributed by atoms with Crippen LogP contribution in [0.5, 0.6) is 5.75 Å². The third kappa shape index (κ3) is 2.11. The first-order valence-corrected chi connectivity index (χ1v) is 4.82. The third-order valence-corrected chi connectivity index (χ3v) is 2.76. The van der Waals surface area contributed by atoms with Crippen LogP contribution in [0, 0.1) is 23.1 Å². The van der Waals surface area contributed by atoms with Crippen molar-refractivity contribution in [3.8, 4) is 11.8 Å². The Hall–Kier alpha value is -1.31. The summed E-state index contributed by atoms with van der Waals surface area (Å²) >= 11 is 0. The minimum Gasteiger partial charge on any atom is -0.506 e. The Morgan fingerprint density at radius 3 is 2.62 bits per heavy atom. The molecule has 0 amide bonds. The molecule has 1 aliphatic rings. The normalized spacial score (nSPS) is 16.1. The quantitative estimate of drug-likeness (QED) is 0.836. The lowest BCUT2D eigenvalue weighted by molar-refractivity contribution is 0.448. The Morgan fingerprint density at radius 1 is 1.50 bits per heavy atom. The molecule has 0 radical (unpaired) electrons. The van der Waals surface area contributed by atoms with E-state index in [4.69, 9.17) is 11.0 Å². The molecule has 1 atom stereocenters. The van der Waals surface area contributed by atoms with E-state index in [0.29, 0.717) is 11.5 Å². The van der Waals surface area contributed by atoms with Crippen molar-refractivity contribution in [2.24, 2.45) is 11.7 Å². The van der Waals surface area contributed by atoms with Crippen LogP contribution >= 0.6 is 12.4 Å². The molecule has 5 heteroatoms. The standard InChI is InChI=1S/C11H11FN2O.ClH/c12-9-4-3-7(10(14)6-1-2-6)11(15)8(9)5-13;/h3-4,6,10,15H,1-2,14H2;1H/t10-;/m0./s1. The van der Waals surface area contributed by atoms with Crippen LogP contribution in [-0.4, -0.2) is 5.11 Å². The zero-order valence-corrected chi connectivity index (χ0v) is 9.30. The molecule has 0 saturated heterocycles. The molecule has 0 aromatic heterocycles. The van der Waals surface area contributed by atoms with Crippen LogP contribution in [0.15, 0.2) is 12.1 Å². The molecule has 0 bridgehead atoms. The van der Waals surface area contributed by atoms with Crippen LogP contribution in [0.4, 0.5) is 4.39 Å². The highest BCUT2D eigenvalue weighted by Crippen LogP contribution is 2.42. The zero-order chi connectivity index (χ0) is 11.0. The molecular weight excluding hydrogens is 231 g/mol. The summed E-state index contributed by atoms with van der Waals surface area (Å²) in [5.74, 6) is -0.661. The van der Waals surface area contributed by atoms with Crippen LogP contribution in [0.2, 0.25) is 0 Å². The number of nitrogens with two attached hydrogens (primary N) is 1. The fourth-order valence-electron chi connectivity index (χ4n) is 1.67. The van der Waals surface area contributed by atoms with E-state index in [1.165, 1.54) is 12.1 Å². The minimum atomic E-state index is -0.707. The molecule has 0 heterocycles. The lowest BCUT2D eigenvalue weighted by atomic mass is 9.99. The second-order valence-corrected chi connectivity index (χ2v) is 3.84. The molecule has 3 N–H and O–H groups in total. The molecule has 1 fully saturated rings. The minimum absolute atomic E-state index is 0. The lowest BCUT2D eigenvalue weighted by Crippen LogP contribution is -2.13. The van der Waals surface area contributed by atoms with E-state index in [1.54, 1.807) is 6.07 Å². The number of aromatic hydroxyl groups is 1. The molecule has 2 rings (SSSR count). The van der Waals surface area contributed by atoms with Gasteiger partial charge in [0, 0.05) is 11.6 Å². The fourth-order valence-corrected chi connectivity index (χ4v) is 1.67. The Labute approximate surface area is 99.1 Å². The number of phenols is 1. The summed E-state index contributed by atoms with van der Waals surface area (Å²) in [4.78, 5) is 0. The van der Waals surface area contributed by atoms with Crippen molar-refractivity contribution in [1.29, 1.82) is 5.26 Å². The van der Waals surface area contributed by atoms with Crippen molar-refractivity contribution in [3.05, 3.63) is 29.1 Å². The van der Waals surface area contributed by atoms with Gasteiger partial charge in [-0.15, -0.1) is 12.4 Å². The summed E-state index contributed by atoms with van der Waals surface area (Å²) in [5, 5.41) is 18.3. The van der Waals surface area contributed by atoms with Crippen LogP contribution in [0.25, 0.3) is 0 Å². The van der Waals surface area contributed by atoms with Crippen molar-refractivity contribution in [2.75, 3.05) is 0 Å². The second-order valence-electron chi connectivity index (χ2n) is 3.84. The maximum absolute atomic E-state index is 13.1. The summed E-state index contributed by atoms with van der Waals surface area (Å²) in [6.45, 7) is 0. The molecule has 0 aliphatic heterocycles. The monoisotopic (exact) mass is 242 g/mol. The van der Waals surface area contributed by atoms with Gasteiger partial charge >= 0.3 is 0 Å². The number of halogens is 2. The largest absolute Gasteiger partial charge is 0.506 e. The first-order chi connectivity index (χ1) is 7.15. The van der Waals surface area contributed by atoms with Crippen molar-refractivity contribution < 1.29 is 9.50 Å². The Bertz CT molecular complexity index is 440. The van der Waals surface area contributed by atoms with Gasteiger partial charge in [0.05, 0.1) is 0 Å². The summed E-state index contributed by atoms with van der Waals surface area (Å²) in [5.41, 5.74) is 6.03. The maximum Gasteiger partial charge on any atom is 0.144 e. The molecule has 86 valence electrons. The number of nitriles is 1. The van der Waals surface area contributed by atoms with Crippen LogP contribution in [0.1, 0.15) is 30.0 Å². The van der Waals surface area contributed by atoms with Crippen molar-refractivity contribution in [2.45, 2.75) is 18.9 Å². The Balaban J connectivity index is 0.00000128. The van der Waals surface area contributed by atoms with Gasteiger partial charge in [0.1, 0.15) is 23.2 Å². The van der Waals surface area contributed by atoms with E-state index >= 15 is 0 Å². The van der Waals surface area contributed by atoms with Crippen molar-refractivity contribution >= 4 is 12.4 Å². The number of rotatable bonds is 2. The summed E-state index contributed by atoms with van der Waals surface area (Å²) in [7, 11) is 0. The average Bonchev–Trinajstić information content (AvgIpc) is 3.01. The van der Waals surface area contributed by atoms with Crippen molar-refractivity contribution in [3.63, 3.8) is 0 Å². The molecule has 0 spiro atoms. The first kappa shape index (κ1) is 12.8. The van der Waals surface area contributed by atoms with E-state index in [-0.39, 0.29) is 29.8 Å². The summed E-state index contributed by atoms with van der Waals surface area (Å²) < 4.78 is 13.1. The van der Waals surface area contributed by atoms with Gasteiger partial charge in [-0.25, -0.2) is 4.39 Å². The highest BCUT2D eigenvalue weighted by molar-refractivity contribution is 5.85. The van der Waals surface area contributed by atoms with E-state index in [2.05, 4.69) is 0 Å². The fraction of sp³-hybridized carbons (Fsp3) is 0.364. The third-order valence-electron chi connectivity index (χ3n) is 2.76. The summed E-state index contributed by atoms with van der Waals surface area (Å²) in [6.07, 6.45) is 2.06. The molecule has 16 heavy (non-hydrogen) atoms. The number of benzene rings is 1. The van der Waals surface area contributed by atoms with E-state index in [9.17, 15) is 9.50 Å². The Morgan fingerprint density at radius 2 is 2.12 bits per heavy atom. The predicted octanol–water partition coefficient (Wildman–Crippen LogP) is 2.23. The molecule has 1 aliphatic carbocycles. The highest BCUT2D eigenvalue weighted by Gasteiger charge is 2.31. The van der Waals surface area contributed by atoms with Gasteiger partial charge < -0.3 is 10.8 Å². The van der Waals surface area contributed by atoms with E-state index < -0.39 is 5.82 Å². The van der Waals surface area contributed by atoms with Gasteiger partial charge in [-0.1, -0.05) is 6.07 Å². The molecule has 1 saturated carbocycles. The van der Waals surface area contributed by atoms with Gasteiger partial charge in [-0.2, -0.15) is 5.26 Å². The van der Waals surface area contributed by atoms with Gasteiger partial charge in [-0.05, 0) is 24.8 Å². The topological polar surface area (TPSA) is 70.0 Å². The van der Waals surface area contributed by atoms with Crippen LogP contribution in [0.3, 0.4) is 0 Å². The molecular formula is C11H12ClFN2O.